The number of rotatable bonds is 10. The third-order valence-corrected chi connectivity index (χ3v) is 5.35. The van der Waals surface area contributed by atoms with Crippen molar-refractivity contribution in [2.24, 2.45) is 16.8 Å². The normalized spacial score (nSPS) is 21.1. The summed E-state index contributed by atoms with van der Waals surface area (Å²) in [5.41, 5.74) is 0. The van der Waals surface area contributed by atoms with E-state index in [1.54, 1.807) is 0 Å². The van der Waals surface area contributed by atoms with E-state index in [1.807, 2.05) is 0 Å². The van der Waals surface area contributed by atoms with Crippen LogP contribution in [0.5, 0.6) is 0 Å². The van der Waals surface area contributed by atoms with Gasteiger partial charge < -0.3 is 25.0 Å². The van der Waals surface area contributed by atoms with Crippen LogP contribution in [0.25, 0.3) is 0 Å². The fourth-order valence-corrected chi connectivity index (χ4v) is 3.48. The van der Waals surface area contributed by atoms with Gasteiger partial charge in [-0.1, -0.05) is 6.92 Å². The molecule has 0 amide bonds. The molecule has 2 rings (SSSR count). The molecule has 0 aromatic carbocycles. The number of nitrogens with one attached hydrogen (secondary N) is 2. The minimum absolute atomic E-state index is 0.684. The van der Waals surface area contributed by atoms with Gasteiger partial charge in [-0.3, -0.25) is 4.99 Å². The summed E-state index contributed by atoms with van der Waals surface area (Å²) in [6.07, 6.45) is 5.93. The first-order chi connectivity index (χ1) is 12.8. The number of hydrogen-bond donors (Lipinski definition) is 2. The highest BCUT2D eigenvalue weighted by Gasteiger charge is 2.15. The lowest BCUT2D eigenvalue weighted by Crippen LogP contribution is -2.43. The van der Waals surface area contributed by atoms with Crippen molar-refractivity contribution in [1.29, 1.82) is 0 Å². The predicted octanol–water partition coefficient (Wildman–Crippen LogP) is 2.11. The van der Waals surface area contributed by atoms with Crippen LogP contribution in [0.4, 0.5) is 0 Å². The molecule has 2 heterocycles. The van der Waals surface area contributed by atoms with Gasteiger partial charge >= 0.3 is 0 Å². The summed E-state index contributed by atoms with van der Waals surface area (Å²) in [7, 11) is 0. The van der Waals surface area contributed by atoms with Crippen LogP contribution < -0.4 is 10.6 Å². The summed E-state index contributed by atoms with van der Waals surface area (Å²) in [6, 6.07) is 0. The van der Waals surface area contributed by atoms with E-state index in [-0.39, 0.29) is 0 Å². The Bertz CT molecular complexity index is 378. The van der Waals surface area contributed by atoms with Crippen LogP contribution in [0.15, 0.2) is 4.99 Å². The lowest BCUT2D eigenvalue weighted by atomic mass is 9.99. The summed E-state index contributed by atoms with van der Waals surface area (Å²) in [6.45, 7) is 14.2. The summed E-state index contributed by atoms with van der Waals surface area (Å²) in [4.78, 5) is 7.22. The van der Waals surface area contributed by atoms with E-state index in [9.17, 15) is 0 Å². The van der Waals surface area contributed by atoms with Crippen molar-refractivity contribution in [1.82, 2.24) is 15.5 Å². The van der Waals surface area contributed by atoms with Crippen molar-refractivity contribution in [3.63, 3.8) is 0 Å². The van der Waals surface area contributed by atoms with E-state index in [0.29, 0.717) is 5.92 Å². The molecule has 0 bridgehead atoms. The summed E-state index contributed by atoms with van der Waals surface area (Å²) in [5, 5.41) is 6.80. The maximum Gasteiger partial charge on any atom is 0.191 e. The van der Waals surface area contributed by atoms with Crippen molar-refractivity contribution in [3.8, 4) is 0 Å². The van der Waals surface area contributed by atoms with E-state index in [2.05, 4.69) is 34.4 Å². The topological polar surface area (TPSA) is 58.1 Å². The highest BCUT2D eigenvalue weighted by Crippen LogP contribution is 2.15. The third-order valence-electron chi connectivity index (χ3n) is 5.35. The SMILES string of the molecule is CCNC(=NCCCOCC1CCOCC1)NCCN1CCC(C)CC1. The zero-order valence-electron chi connectivity index (χ0n) is 17.0. The van der Waals surface area contributed by atoms with Crippen LogP contribution in [0.2, 0.25) is 0 Å². The number of ether oxygens (including phenoxy) is 2. The predicted molar refractivity (Wildman–Crippen MR) is 108 cm³/mol. The van der Waals surface area contributed by atoms with Crippen molar-refractivity contribution in [2.45, 2.75) is 46.0 Å². The largest absolute Gasteiger partial charge is 0.381 e. The average molecular weight is 369 g/mol. The fourth-order valence-electron chi connectivity index (χ4n) is 3.48. The van der Waals surface area contributed by atoms with Crippen LogP contribution in [0.3, 0.4) is 0 Å². The third kappa shape index (κ3) is 9.19. The van der Waals surface area contributed by atoms with Crippen LogP contribution in [-0.2, 0) is 9.47 Å². The summed E-state index contributed by atoms with van der Waals surface area (Å²) < 4.78 is 11.2. The van der Waals surface area contributed by atoms with E-state index in [4.69, 9.17) is 9.47 Å². The zero-order valence-corrected chi connectivity index (χ0v) is 17.0. The first kappa shape index (κ1) is 21.5. The quantitative estimate of drug-likeness (QED) is 0.351. The Morgan fingerprint density at radius 1 is 1.15 bits per heavy atom. The average Bonchev–Trinajstić information content (AvgIpc) is 2.67. The van der Waals surface area contributed by atoms with Gasteiger partial charge in [-0.2, -0.15) is 0 Å². The molecule has 0 unspecified atom stereocenters. The van der Waals surface area contributed by atoms with Gasteiger partial charge in [0.05, 0.1) is 0 Å². The molecule has 0 aromatic heterocycles. The lowest BCUT2D eigenvalue weighted by molar-refractivity contribution is 0.0205. The van der Waals surface area contributed by atoms with E-state index < -0.39 is 0 Å². The molecule has 2 aliphatic heterocycles. The first-order valence-corrected chi connectivity index (χ1v) is 10.7. The molecule has 2 saturated heterocycles. The highest BCUT2D eigenvalue weighted by molar-refractivity contribution is 5.79. The molecule has 6 nitrogen and oxygen atoms in total. The second-order valence-corrected chi connectivity index (χ2v) is 7.70. The molecule has 152 valence electrons. The van der Waals surface area contributed by atoms with Gasteiger partial charge in [-0.15, -0.1) is 0 Å². The van der Waals surface area contributed by atoms with Gasteiger partial charge in [0.2, 0.25) is 0 Å². The molecule has 26 heavy (non-hydrogen) atoms. The Kier molecular flexibility index (Phi) is 11.0. The molecule has 2 fully saturated rings. The lowest BCUT2D eigenvalue weighted by Gasteiger charge is -2.30. The van der Waals surface area contributed by atoms with Gasteiger partial charge in [0.15, 0.2) is 5.96 Å². The molecule has 0 saturated carbocycles. The highest BCUT2D eigenvalue weighted by atomic mass is 16.5. The Morgan fingerprint density at radius 3 is 2.65 bits per heavy atom. The number of aliphatic imine (C=N–C) groups is 1. The van der Waals surface area contributed by atoms with Crippen LogP contribution >= 0.6 is 0 Å². The molecular weight excluding hydrogens is 328 g/mol. The second kappa shape index (κ2) is 13.3. The van der Waals surface area contributed by atoms with Gasteiger partial charge in [-0.25, -0.2) is 0 Å². The fraction of sp³-hybridized carbons (Fsp3) is 0.950. The number of nitrogens with zero attached hydrogens (tertiary/aromatic N) is 2. The Labute approximate surface area is 160 Å². The van der Waals surface area contributed by atoms with Crippen LogP contribution in [-0.4, -0.2) is 76.6 Å². The van der Waals surface area contributed by atoms with Gasteiger partial charge in [0, 0.05) is 52.6 Å². The number of guanidine groups is 1. The van der Waals surface area contributed by atoms with E-state index in [0.717, 1.165) is 83.7 Å². The maximum absolute atomic E-state index is 5.81. The Hall–Kier alpha value is -0.850. The van der Waals surface area contributed by atoms with Gasteiger partial charge in [-0.05, 0) is 64.0 Å². The molecule has 0 spiro atoms. The Morgan fingerprint density at radius 2 is 1.92 bits per heavy atom. The second-order valence-electron chi connectivity index (χ2n) is 7.70. The van der Waals surface area contributed by atoms with Crippen molar-refractivity contribution < 1.29 is 9.47 Å². The molecule has 2 N–H and O–H groups in total. The van der Waals surface area contributed by atoms with Crippen molar-refractivity contribution in [2.75, 3.05) is 65.7 Å². The number of likely N-dealkylation sites (tertiary alicyclic amines) is 1. The number of hydrogen-bond acceptors (Lipinski definition) is 4. The molecule has 2 aliphatic rings. The number of piperidine rings is 1. The van der Waals surface area contributed by atoms with Crippen molar-refractivity contribution in [3.05, 3.63) is 0 Å². The smallest absolute Gasteiger partial charge is 0.191 e. The first-order valence-electron chi connectivity index (χ1n) is 10.7. The minimum atomic E-state index is 0.684. The van der Waals surface area contributed by atoms with E-state index >= 15 is 0 Å². The van der Waals surface area contributed by atoms with Gasteiger partial charge in [0.25, 0.3) is 0 Å². The van der Waals surface area contributed by atoms with Crippen LogP contribution in [0.1, 0.15) is 46.0 Å². The zero-order chi connectivity index (χ0) is 18.5. The molecule has 0 atom stereocenters. The molecule has 6 heteroatoms. The molecule has 0 aliphatic carbocycles. The van der Waals surface area contributed by atoms with E-state index in [1.165, 1.54) is 25.9 Å². The summed E-state index contributed by atoms with van der Waals surface area (Å²) >= 11 is 0. The van der Waals surface area contributed by atoms with Gasteiger partial charge in [0.1, 0.15) is 0 Å². The molecular formula is C20H40N4O2. The summed E-state index contributed by atoms with van der Waals surface area (Å²) in [5.74, 6) is 2.51. The van der Waals surface area contributed by atoms with Crippen LogP contribution in [0, 0.1) is 11.8 Å². The maximum atomic E-state index is 5.81. The van der Waals surface area contributed by atoms with Crippen molar-refractivity contribution >= 4 is 5.96 Å². The monoisotopic (exact) mass is 368 g/mol. The minimum Gasteiger partial charge on any atom is -0.381 e. The molecule has 0 aromatic rings. The standard InChI is InChI=1S/C20H40N4O2/c1-3-21-20(23-10-13-24-11-5-18(2)6-12-24)22-9-4-14-26-17-19-7-15-25-16-8-19/h18-19H,3-17H2,1-2H3,(H2,21,22,23). The Balaban J connectivity index is 1.52. The molecule has 0 radical (unpaired) electrons.